The van der Waals surface area contributed by atoms with E-state index in [2.05, 4.69) is 15.2 Å². The summed E-state index contributed by atoms with van der Waals surface area (Å²) in [4.78, 5) is 20.1. The van der Waals surface area contributed by atoms with Crippen LogP contribution in [0.5, 0.6) is 0 Å². The third-order valence-corrected chi connectivity index (χ3v) is 5.05. The molecule has 1 fully saturated rings. The van der Waals surface area contributed by atoms with E-state index in [1.165, 1.54) is 19.1 Å². The van der Waals surface area contributed by atoms with Gasteiger partial charge in [-0.05, 0) is 42.8 Å². The Kier molecular flexibility index (Phi) is 4.20. The molecule has 1 aromatic heterocycles. The van der Waals surface area contributed by atoms with E-state index in [1.54, 1.807) is 6.20 Å². The molecule has 0 aliphatic carbocycles. The third kappa shape index (κ3) is 3.31. The second-order valence-electron chi connectivity index (χ2n) is 6.94. The molecule has 0 spiro atoms. The van der Waals surface area contributed by atoms with E-state index >= 15 is 0 Å². The maximum absolute atomic E-state index is 12.9. The molecular weight excluding hydrogens is 357 g/mol. The van der Waals surface area contributed by atoms with Gasteiger partial charge in [0.25, 0.3) is 0 Å². The van der Waals surface area contributed by atoms with Crippen molar-refractivity contribution >= 4 is 23.1 Å². The Morgan fingerprint density at radius 3 is 2.59 bits per heavy atom. The minimum Gasteiger partial charge on any atom is -0.352 e. The summed E-state index contributed by atoms with van der Waals surface area (Å²) in [5, 5.41) is 2.96. The number of pyridine rings is 1. The van der Waals surface area contributed by atoms with Gasteiger partial charge in [-0.1, -0.05) is 0 Å². The monoisotopic (exact) mass is 376 g/mol. The molecule has 0 bridgehead atoms. The lowest BCUT2D eigenvalue weighted by atomic mass is 10.1. The van der Waals surface area contributed by atoms with Crippen molar-refractivity contribution in [2.75, 3.05) is 22.9 Å². The Bertz CT molecular complexity index is 853. The molecule has 2 aromatic rings. The maximum atomic E-state index is 12.9. The van der Waals surface area contributed by atoms with Gasteiger partial charge in [-0.25, -0.2) is 4.98 Å². The number of halogens is 3. The molecule has 1 amide bonds. The summed E-state index contributed by atoms with van der Waals surface area (Å²) < 4.78 is 38.6. The largest absolute Gasteiger partial charge is 0.416 e. The molecule has 4 rings (SSSR count). The van der Waals surface area contributed by atoms with Gasteiger partial charge in [0.15, 0.2) is 5.82 Å². The van der Waals surface area contributed by atoms with Gasteiger partial charge in [0.05, 0.1) is 17.3 Å². The Hall–Kier alpha value is -2.77. The highest BCUT2D eigenvalue weighted by atomic mass is 19.4. The standard InChI is InChI=1S/C19H19F3N4O/c1-12(27)24-14-9-16-11-25(15-6-4-13(5-7-15)19(20,21)22)17-3-2-8-23-18(17)26(16)10-14/h2-8,14,16H,9-11H2,1H3,(H,24,27)/t14-,16+/m0/s1. The van der Waals surface area contributed by atoms with Gasteiger partial charge >= 0.3 is 6.18 Å². The molecule has 27 heavy (non-hydrogen) atoms. The van der Waals surface area contributed by atoms with Gasteiger partial charge in [0, 0.05) is 37.9 Å². The molecule has 2 aliphatic rings. The van der Waals surface area contributed by atoms with Crippen LogP contribution < -0.4 is 15.1 Å². The van der Waals surface area contributed by atoms with E-state index < -0.39 is 11.7 Å². The molecule has 0 unspecified atom stereocenters. The number of carbonyl (C=O) groups excluding carboxylic acids is 1. The van der Waals surface area contributed by atoms with Crippen LogP contribution in [0.1, 0.15) is 18.9 Å². The number of amides is 1. The van der Waals surface area contributed by atoms with Crippen LogP contribution >= 0.6 is 0 Å². The summed E-state index contributed by atoms with van der Waals surface area (Å²) in [6, 6.07) is 9.10. The summed E-state index contributed by atoms with van der Waals surface area (Å²) >= 11 is 0. The lowest BCUT2D eigenvalue weighted by Gasteiger charge is -2.40. The predicted molar refractivity (Wildman–Crippen MR) is 96.0 cm³/mol. The van der Waals surface area contributed by atoms with Crippen molar-refractivity contribution in [2.24, 2.45) is 0 Å². The van der Waals surface area contributed by atoms with Gasteiger partial charge in [-0.15, -0.1) is 0 Å². The van der Waals surface area contributed by atoms with Crippen LogP contribution in [0, 0.1) is 0 Å². The third-order valence-electron chi connectivity index (χ3n) is 5.05. The number of benzene rings is 1. The fraction of sp³-hybridized carbons (Fsp3) is 0.368. The zero-order valence-corrected chi connectivity index (χ0v) is 14.7. The first-order chi connectivity index (χ1) is 12.8. The number of carbonyl (C=O) groups is 1. The first-order valence-corrected chi connectivity index (χ1v) is 8.76. The Labute approximate surface area is 154 Å². The molecule has 3 heterocycles. The van der Waals surface area contributed by atoms with E-state index in [4.69, 9.17) is 0 Å². The van der Waals surface area contributed by atoms with E-state index in [0.717, 1.165) is 30.1 Å². The van der Waals surface area contributed by atoms with Gasteiger partial charge in [-0.3, -0.25) is 4.79 Å². The van der Waals surface area contributed by atoms with Crippen molar-refractivity contribution in [3.8, 4) is 0 Å². The van der Waals surface area contributed by atoms with Crippen LogP contribution in [0.25, 0.3) is 0 Å². The molecule has 1 N–H and O–H groups in total. The van der Waals surface area contributed by atoms with E-state index in [1.807, 2.05) is 17.0 Å². The Morgan fingerprint density at radius 2 is 1.93 bits per heavy atom. The van der Waals surface area contributed by atoms with Crippen LogP contribution in [0.3, 0.4) is 0 Å². The first-order valence-electron chi connectivity index (χ1n) is 8.76. The minimum absolute atomic E-state index is 0.0370. The number of hydrogen-bond donors (Lipinski definition) is 1. The van der Waals surface area contributed by atoms with Crippen LogP contribution in [0.4, 0.5) is 30.4 Å². The highest BCUT2D eigenvalue weighted by Crippen LogP contribution is 2.42. The average molecular weight is 376 g/mol. The van der Waals surface area contributed by atoms with E-state index in [-0.39, 0.29) is 18.0 Å². The minimum atomic E-state index is -4.35. The number of rotatable bonds is 2. The highest BCUT2D eigenvalue weighted by molar-refractivity contribution is 5.78. The van der Waals surface area contributed by atoms with Gasteiger partial charge < -0.3 is 15.1 Å². The number of hydrogen-bond acceptors (Lipinski definition) is 4. The quantitative estimate of drug-likeness (QED) is 0.874. The molecule has 142 valence electrons. The molecular formula is C19H19F3N4O. The molecule has 8 heteroatoms. The number of alkyl halides is 3. The predicted octanol–water partition coefficient (Wildman–Crippen LogP) is 3.34. The number of anilines is 3. The van der Waals surface area contributed by atoms with Crippen molar-refractivity contribution in [3.63, 3.8) is 0 Å². The molecule has 1 saturated heterocycles. The van der Waals surface area contributed by atoms with E-state index in [0.29, 0.717) is 18.8 Å². The average Bonchev–Trinajstić information content (AvgIpc) is 3.02. The fourth-order valence-corrected chi connectivity index (χ4v) is 3.95. The van der Waals surface area contributed by atoms with Crippen LogP contribution in [0.2, 0.25) is 0 Å². The number of nitrogens with one attached hydrogen (secondary N) is 1. The lowest BCUT2D eigenvalue weighted by molar-refractivity contribution is -0.137. The molecule has 2 aliphatic heterocycles. The summed E-state index contributed by atoms with van der Waals surface area (Å²) in [6.45, 7) is 2.80. The zero-order valence-electron chi connectivity index (χ0n) is 14.7. The molecule has 0 saturated carbocycles. The second kappa shape index (κ2) is 6.44. The highest BCUT2D eigenvalue weighted by Gasteiger charge is 2.40. The van der Waals surface area contributed by atoms with Gasteiger partial charge in [0.1, 0.15) is 0 Å². The first kappa shape index (κ1) is 17.6. The van der Waals surface area contributed by atoms with Crippen molar-refractivity contribution in [1.82, 2.24) is 10.3 Å². The molecule has 1 aromatic carbocycles. The topological polar surface area (TPSA) is 48.5 Å². The zero-order chi connectivity index (χ0) is 19.2. The molecule has 0 radical (unpaired) electrons. The summed E-state index contributed by atoms with van der Waals surface area (Å²) in [5.74, 6) is 0.724. The smallest absolute Gasteiger partial charge is 0.352 e. The summed E-state index contributed by atoms with van der Waals surface area (Å²) in [6.07, 6.45) is -1.88. The van der Waals surface area contributed by atoms with Crippen LogP contribution in [-0.4, -0.2) is 36.1 Å². The summed E-state index contributed by atoms with van der Waals surface area (Å²) in [5.41, 5.74) is 0.889. The van der Waals surface area contributed by atoms with Gasteiger partial charge in [0.2, 0.25) is 5.91 Å². The van der Waals surface area contributed by atoms with Crippen LogP contribution in [-0.2, 0) is 11.0 Å². The molecule has 2 atom stereocenters. The van der Waals surface area contributed by atoms with Crippen molar-refractivity contribution in [1.29, 1.82) is 0 Å². The SMILES string of the molecule is CC(=O)N[C@H]1C[C@@H]2CN(c3ccc(C(F)(F)F)cc3)c3cccnc3N2C1. The number of aromatic nitrogens is 1. The van der Waals surface area contributed by atoms with Crippen molar-refractivity contribution in [2.45, 2.75) is 31.6 Å². The fourth-order valence-electron chi connectivity index (χ4n) is 3.95. The van der Waals surface area contributed by atoms with Crippen LogP contribution in [0.15, 0.2) is 42.6 Å². The Morgan fingerprint density at radius 1 is 1.19 bits per heavy atom. The number of fused-ring (bicyclic) bond motifs is 3. The lowest BCUT2D eigenvalue weighted by Crippen LogP contribution is -2.44. The van der Waals surface area contributed by atoms with Crippen molar-refractivity contribution in [3.05, 3.63) is 48.2 Å². The number of nitrogens with zero attached hydrogens (tertiary/aromatic N) is 3. The second-order valence-corrected chi connectivity index (χ2v) is 6.94. The maximum Gasteiger partial charge on any atom is 0.416 e. The van der Waals surface area contributed by atoms with Crippen molar-refractivity contribution < 1.29 is 18.0 Å². The Balaban J connectivity index is 1.66. The van der Waals surface area contributed by atoms with Gasteiger partial charge in [-0.2, -0.15) is 13.2 Å². The molecule has 5 nitrogen and oxygen atoms in total. The van der Waals surface area contributed by atoms with E-state index in [9.17, 15) is 18.0 Å². The normalized spacial score (nSPS) is 21.6. The summed E-state index contributed by atoms with van der Waals surface area (Å²) in [7, 11) is 0.